The van der Waals surface area contributed by atoms with Crippen molar-refractivity contribution < 1.29 is 9.63 Å². The van der Waals surface area contributed by atoms with Crippen LogP contribution >= 0.6 is 0 Å². The van der Waals surface area contributed by atoms with E-state index in [0.717, 1.165) is 0 Å². The number of carbonyl (C=O) groups excluding carboxylic acids is 1. The van der Waals surface area contributed by atoms with E-state index in [4.69, 9.17) is 5.73 Å². The molecule has 1 aliphatic rings. The first-order chi connectivity index (χ1) is 5.29. The molecule has 1 heterocycles. The summed E-state index contributed by atoms with van der Waals surface area (Å²) in [6.45, 7) is 0. The highest BCUT2D eigenvalue weighted by molar-refractivity contribution is 6.06. The van der Waals surface area contributed by atoms with Crippen molar-refractivity contribution in [3.05, 3.63) is 24.5 Å². The number of amides is 1. The predicted octanol–water partition coefficient (Wildman–Crippen LogP) is 0.318. The molecule has 0 aromatic rings. The molecule has 0 saturated heterocycles. The lowest BCUT2D eigenvalue weighted by molar-refractivity contribution is -0.116. The third-order valence-corrected chi connectivity index (χ3v) is 1.06. The minimum atomic E-state index is -0.418. The molecule has 11 heavy (non-hydrogen) atoms. The van der Waals surface area contributed by atoms with Crippen LogP contribution in [0.25, 0.3) is 0 Å². The number of hydrogen-bond acceptors (Lipinski definition) is 3. The summed E-state index contributed by atoms with van der Waals surface area (Å²) in [6.07, 6.45) is 6.61. The van der Waals surface area contributed by atoms with Gasteiger partial charge in [0.25, 0.3) is 0 Å². The molecular formula is C7H8N2O2. The van der Waals surface area contributed by atoms with Crippen LogP contribution in [0.4, 0.5) is 0 Å². The van der Waals surface area contributed by atoms with Crippen molar-refractivity contribution in [3.8, 4) is 0 Å². The summed E-state index contributed by atoms with van der Waals surface area (Å²) >= 11 is 0. The standard InChI is InChI=1S/C7H8N2O2/c8-7(10)5-6-3-1-2-4-11-9-6/h1-4H,5H2,(H2,8,10). The minimum Gasteiger partial charge on any atom is -0.369 e. The van der Waals surface area contributed by atoms with Gasteiger partial charge in [-0.05, 0) is 12.2 Å². The molecule has 1 amide bonds. The van der Waals surface area contributed by atoms with Crippen molar-refractivity contribution in [2.24, 2.45) is 10.9 Å². The van der Waals surface area contributed by atoms with Crippen molar-refractivity contribution in [1.29, 1.82) is 0 Å². The summed E-state index contributed by atoms with van der Waals surface area (Å²) in [5.41, 5.74) is 5.47. The molecule has 4 heteroatoms. The maximum absolute atomic E-state index is 10.4. The first kappa shape index (κ1) is 7.53. The number of nitrogens with zero attached hydrogens (tertiary/aromatic N) is 1. The fourth-order valence-electron chi connectivity index (χ4n) is 0.645. The lowest BCUT2D eigenvalue weighted by Crippen LogP contribution is -2.14. The average Bonchev–Trinajstić information content (AvgIpc) is 2.14. The van der Waals surface area contributed by atoms with Crippen LogP contribution in [0.1, 0.15) is 6.42 Å². The smallest absolute Gasteiger partial charge is 0.223 e. The number of oxime groups is 1. The maximum atomic E-state index is 10.4. The molecule has 58 valence electrons. The SMILES string of the molecule is NC(=O)CC1=NOC=CC=C1. The number of nitrogens with two attached hydrogens (primary N) is 1. The van der Waals surface area contributed by atoms with Gasteiger partial charge in [-0.25, -0.2) is 0 Å². The van der Waals surface area contributed by atoms with E-state index in [0.29, 0.717) is 5.71 Å². The van der Waals surface area contributed by atoms with Crippen LogP contribution in [0.5, 0.6) is 0 Å². The number of primary amides is 1. The normalized spacial score (nSPS) is 15.1. The van der Waals surface area contributed by atoms with Crippen LogP contribution in [-0.4, -0.2) is 11.6 Å². The quantitative estimate of drug-likeness (QED) is 0.619. The van der Waals surface area contributed by atoms with Gasteiger partial charge < -0.3 is 10.6 Å². The second kappa shape index (κ2) is 3.55. The summed E-state index contributed by atoms with van der Waals surface area (Å²) in [5, 5.41) is 3.61. The van der Waals surface area contributed by atoms with Gasteiger partial charge in [-0.1, -0.05) is 11.2 Å². The molecule has 0 bridgehead atoms. The number of carbonyl (C=O) groups is 1. The van der Waals surface area contributed by atoms with E-state index in [9.17, 15) is 4.79 Å². The fraction of sp³-hybridized carbons (Fsp3) is 0.143. The number of rotatable bonds is 2. The molecule has 0 radical (unpaired) electrons. The van der Waals surface area contributed by atoms with Crippen molar-refractivity contribution in [1.82, 2.24) is 0 Å². The van der Waals surface area contributed by atoms with E-state index < -0.39 is 5.91 Å². The van der Waals surface area contributed by atoms with Crippen molar-refractivity contribution in [2.45, 2.75) is 6.42 Å². The van der Waals surface area contributed by atoms with Crippen molar-refractivity contribution >= 4 is 11.6 Å². The molecule has 1 aliphatic heterocycles. The van der Waals surface area contributed by atoms with Gasteiger partial charge in [0, 0.05) is 0 Å². The Hall–Kier alpha value is -1.58. The van der Waals surface area contributed by atoms with Crippen molar-refractivity contribution in [3.63, 3.8) is 0 Å². The zero-order chi connectivity index (χ0) is 8.10. The minimum absolute atomic E-state index is 0.109. The third kappa shape index (κ3) is 2.66. The lowest BCUT2D eigenvalue weighted by atomic mass is 10.2. The van der Waals surface area contributed by atoms with E-state index in [2.05, 4.69) is 9.99 Å². The Kier molecular flexibility index (Phi) is 2.43. The first-order valence-electron chi connectivity index (χ1n) is 3.13. The van der Waals surface area contributed by atoms with Gasteiger partial charge in [0.1, 0.15) is 6.26 Å². The van der Waals surface area contributed by atoms with Crippen LogP contribution in [0.2, 0.25) is 0 Å². The highest BCUT2D eigenvalue weighted by atomic mass is 16.6. The van der Waals surface area contributed by atoms with E-state index in [1.807, 2.05) is 0 Å². The highest BCUT2D eigenvalue weighted by Crippen LogP contribution is 1.96. The average molecular weight is 152 g/mol. The zero-order valence-electron chi connectivity index (χ0n) is 5.86. The Labute approximate surface area is 64.0 Å². The molecular weight excluding hydrogens is 144 g/mol. The van der Waals surface area contributed by atoms with Gasteiger partial charge in [0.2, 0.25) is 5.91 Å². The number of allylic oxidation sites excluding steroid dienone is 3. The Morgan fingerprint density at radius 3 is 3.18 bits per heavy atom. The van der Waals surface area contributed by atoms with Crippen LogP contribution in [-0.2, 0) is 9.63 Å². The number of hydrogen-bond donors (Lipinski definition) is 1. The Balaban J connectivity index is 2.58. The summed E-state index contributed by atoms with van der Waals surface area (Å²) in [6, 6.07) is 0. The molecule has 0 aromatic heterocycles. The second-order valence-electron chi connectivity index (χ2n) is 2.02. The summed E-state index contributed by atoms with van der Waals surface area (Å²) in [5.74, 6) is -0.418. The second-order valence-corrected chi connectivity index (χ2v) is 2.02. The molecule has 4 nitrogen and oxygen atoms in total. The van der Waals surface area contributed by atoms with Crippen molar-refractivity contribution in [2.75, 3.05) is 0 Å². The molecule has 0 fully saturated rings. The molecule has 0 saturated carbocycles. The molecule has 0 aromatic carbocycles. The summed E-state index contributed by atoms with van der Waals surface area (Å²) < 4.78 is 0. The van der Waals surface area contributed by atoms with Gasteiger partial charge >= 0.3 is 0 Å². The van der Waals surface area contributed by atoms with Crippen LogP contribution in [0, 0.1) is 0 Å². The largest absolute Gasteiger partial charge is 0.369 e. The third-order valence-electron chi connectivity index (χ3n) is 1.06. The van der Waals surface area contributed by atoms with Gasteiger partial charge in [-0.2, -0.15) is 0 Å². The molecule has 0 unspecified atom stereocenters. The van der Waals surface area contributed by atoms with Crippen LogP contribution < -0.4 is 5.73 Å². The summed E-state index contributed by atoms with van der Waals surface area (Å²) in [4.78, 5) is 15.1. The van der Waals surface area contributed by atoms with Gasteiger partial charge in [-0.3, -0.25) is 4.79 Å². The molecule has 1 rings (SSSR count). The first-order valence-corrected chi connectivity index (χ1v) is 3.13. The van der Waals surface area contributed by atoms with Crippen LogP contribution in [0.3, 0.4) is 0 Å². The molecule has 0 spiro atoms. The van der Waals surface area contributed by atoms with E-state index in [1.54, 1.807) is 18.2 Å². The Morgan fingerprint density at radius 2 is 2.45 bits per heavy atom. The Bertz CT molecular complexity index is 241. The predicted molar refractivity (Wildman–Crippen MR) is 40.6 cm³/mol. The van der Waals surface area contributed by atoms with E-state index >= 15 is 0 Å². The lowest BCUT2D eigenvalue weighted by Gasteiger charge is -1.93. The highest BCUT2D eigenvalue weighted by Gasteiger charge is 2.01. The fourth-order valence-corrected chi connectivity index (χ4v) is 0.645. The van der Waals surface area contributed by atoms with Crippen LogP contribution in [0.15, 0.2) is 29.6 Å². The Morgan fingerprint density at radius 1 is 1.64 bits per heavy atom. The topological polar surface area (TPSA) is 64.7 Å². The maximum Gasteiger partial charge on any atom is 0.223 e. The zero-order valence-corrected chi connectivity index (χ0v) is 5.86. The summed E-state index contributed by atoms with van der Waals surface area (Å²) in [7, 11) is 0. The molecule has 0 atom stereocenters. The van der Waals surface area contributed by atoms with Gasteiger partial charge in [-0.15, -0.1) is 0 Å². The van der Waals surface area contributed by atoms with E-state index in [1.165, 1.54) is 6.26 Å². The van der Waals surface area contributed by atoms with Gasteiger partial charge in [0.15, 0.2) is 0 Å². The van der Waals surface area contributed by atoms with E-state index in [-0.39, 0.29) is 6.42 Å². The monoisotopic (exact) mass is 152 g/mol. The van der Waals surface area contributed by atoms with Gasteiger partial charge in [0.05, 0.1) is 12.1 Å². The molecule has 0 aliphatic carbocycles. The molecule has 2 N–H and O–H groups in total.